The SMILES string of the molecule is Cc1cccc(C(=O)NCc2ccc(Br)cc2)c1Br. The third-order valence-corrected chi connectivity index (χ3v) is 4.38. The van der Waals surface area contributed by atoms with Crippen molar-refractivity contribution in [3.05, 3.63) is 68.1 Å². The summed E-state index contributed by atoms with van der Waals surface area (Å²) in [5.41, 5.74) is 2.79. The first-order valence-corrected chi connectivity index (χ1v) is 7.44. The van der Waals surface area contributed by atoms with E-state index in [-0.39, 0.29) is 5.91 Å². The Morgan fingerprint density at radius 2 is 1.79 bits per heavy atom. The Morgan fingerprint density at radius 1 is 1.11 bits per heavy atom. The van der Waals surface area contributed by atoms with Crippen molar-refractivity contribution in [2.75, 3.05) is 0 Å². The molecule has 0 bridgehead atoms. The Balaban J connectivity index is 2.05. The third kappa shape index (κ3) is 3.67. The van der Waals surface area contributed by atoms with Crippen LogP contribution in [-0.4, -0.2) is 5.91 Å². The van der Waals surface area contributed by atoms with Crippen molar-refractivity contribution < 1.29 is 4.79 Å². The van der Waals surface area contributed by atoms with Crippen LogP contribution in [0.3, 0.4) is 0 Å². The van der Waals surface area contributed by atoms with Crippen LogP contribution in [0, 0.1) is 6.92 Å². The highest BCUT2D eigenvalue weighted by Gasteiger charge is 2.10. The first kappa shape index (κ1) is 14.3. The predicted octanol–water partition coefficient (Wildman–Crippen LogP) is 4.45. The number of carbonyl (C=O) groups is 1. The Morgan fingerprint density at radius 3 is 2.47 bits per heavy atom. The fourth-order valence-corrected chi connectivity index (χ4v) is 2.41. The highest BCUT2D eigenvalue weighted by atomic mass is 79.9. The molecule has 0 aliphatic carbocycles. The second-order valence-corrected chi connectivity index (χ2v) is 5.95. The first-order valence-electron chi connectivity index (χ1n) is 5.85. The Labute approximate surface area is 129 Å². The number of nitrogens with one attached hydrogen (secondary N) is 1. The molecule has 4 heteroatoms. The van der Waals surface area contributed by atoms with E-state index in [0.29, 0.717) is 12.1 Å². The number of amides is 1. The molecule has 2 nitrogen and oxygen atoms in total. The van der Waals surface area contributed by atoms with Gasteiger partial charge in [-0.3, -0.25) is 4.79 Å². The van der Waals surface area contributed by atoms with E-state index in [9.17, 15) is 4.79 Å². The van der Waals surface area contributed by atoms with E-state index < -0.39 is 0 Å². The molecule has 0 spiro atoms. The zero-order chi connectivity index (χ0) is 13.8. The Kier molecular flexibility index (Phi) is 4.77. The summed E-state index contributed by atoms with van der Waals surface area (Å²) in [4.78, 5) is 12.1. The van der Waals surface area contributed by atoms with Gasteiger partial charge >= 0.3 is 0 Å². The minimum atomic E-state index is -0.0708. The van der Waals surface area contributed by atoms with E-state index in [0.717, 1.165) is 20.1 Å². The fraction of sp³-hybridized carbons (Fsp3) is 0.133. The lowest BCUT2D eigenvalue weighted by molar-refractivity contribution is 0.0950. The van der Waals surface area contributed by atoms with Gasteiger partial charge in [0, 0.05) is 15.5 Å². The van der Waals surface area contributed by atoms with Crippen LogP contribution < -0.4 is 5.32 Å². The first-order chi connectivity index (χ1) is 9.08. The number of aryl methyl sites for hydroxylation is 1. The fourth-order valence-electron chi connectivity index (χ4n) is 1.70. The summed E-state index contributed by atoms with van der Waals surface area (Å²) >= 11 is 6.84. The van der Waals surface area contributed by atoms with E-state index in [1.807, 2.05) is 49.4 Å². The zero-order valence-corrected chi connectivity index (χ0v) is 13.6. The number of rotatable bonds is 3. The van der Waals surface area contributed by atoms with Crippen molar-refractivity contribution in [2.45, 2.75) is 13.5 Å². The molecule has 1 amide bonds. The highest BCUT2D eigenvalue weighted by molar-refractivity contribution is 9.10. The molecule has 19 heavy (non-hydrogen) atoms. The second-order valence-electron chi connectivity index (χ2n) is 4.25. The van der Waals surface area contributed by atoms with Gasteiger partial charge in [0.25, 0.3) is 5.91 Å². The van der Waals surface area contributed by atoms with Gasteiger partial charge in [-0.25, -0.2) is 0 Å². The molecule has 0 atom stereocenters. The molecule has 0 aliphatic rings. The molecule has 2 aromatic carbocycles. The molecule has 0 radical (unpaired) electrons. The lowest BCUT2D eigenvalue weighted by Gasteiger charge is -2.08. The van der Waals surface area contributed by atoms with Crippen molar-refractivity contribution in [1.29, 1.82) is 0 Å². The van der Waals surface area contributed by atoms with Gasteiger partial charge in [0.15, 0.2) is 0 Å². The molecule has 1 N–H and O–H groups in total. The van der Waals surface area contributed by atoms with Gasteiger partial charge in [-0.1, -0.05) is 40.2 Å². The maximum Gasteiger partial charge on any atom is 0.252 e. The number of halogens is 2. The van der Waals surface area contributed by atoms with Crippen molar-refractivity contribution in [3.8, 4) is 0 Å². The predicted molar refractivity (Wildman–Crippen MR) is 84.2 cm³/mol. The van der Waals surface area contributed by atoms with Crippen LogP contribution in [0.15, 0.2) is 51.4 Å². The van der Waals surface area contributed by atoms with E-state index in [1.54, 1.807) is 0 Å². The van der Waals surface area contributed by atoms with Gasteiger partial charge < -0.3 is 5.32 Å². The molecule has 2 rings (SSSR count). The van der Waals surface area contributed by atoms with Crippen LogP contribution in [0.5, 0.6) is 0 Å². The van der Waals surface area contributed by atoms with Crippen LogP contribution in [0.4, 0.5) is 0 Å². The maximum absolute atomic E-state index is 12.1. The van der Waals surface area contributed by atoms with Gasteiger partial charge in [-0.05, 0) is 52.2 Å². The quantitative estimate of drug-likeness (QED) is 0.834. The lowest BCUT2D eigenvalue weighted by atomic mass is 10.1. The smallest absolute Gasteiger partial charge is 0.252 e. The van der Waals surface area contributed by atoms with E-state index >= 15 is 0 Å². The summed E-state index contributed by atoms with van der Waals surface area (Å²) in [5.74, 6) is -0.0708. The maximum atomic E-state index is 12.1. The molecule has 98 valence electrons. The van der Waals surface area contributed by atoms with Gasteiger partial charge in [-0.15, -0.1) is 0 Å². The van der Waals surface area contributed by atoms with Crippen LogP contribution in [0.25, 0.3) is 0 Å². The molecule has 0 fully saturated rings. The van der Waals surface area contributed by atoms with Crippen LogP contribution in [0.2, 0.25) is 0 Å². The molecular formula is C15H13Br2NO. The summed E-state index contributed by atoms with van der Waals surface area (Å²) in [7, 11) is 0. The standard InChI is InChI=1S/C15H13Br2NO/c1-10-3-2-4-13(14(10)17)15(19)18-9-11-5-7-12(16)8-6-11/h2-8H,9H2,1H3,(H,18,19). The van der Waals surface area contributed by atoms with Crippen LogP contribution >= 0.6 is 31.9 Å². The molecule has 0 saturated heterocycles. The van der Waals surface area contributed by atoms with Crippen molar-refractivity contribution >= 4 is 37.8 Å². The number of carbonyl (C=O) groups excluding carboxylic acids is 1. The molecule has 0 unspecified atom stereocenters. The van der Waals surface area contributed by atoms with Crippen LogP contribution in [0.1, 0.15) is 21.5 Å². The van der Waals surface area contributed by atoms with Crippen molar-refractivity contribution in [3.63, 3.8) is 0 Å². The van der Waals surface area contributed by atoms with E-state index in [2.05, 4.69) is 37.2 Å². The van der Waals surface area contributed by atoms with Gasteiger partial charge in [0.1, 0.15) is 0 Å². The number of benzene rings is 2. The highest BCUT2D eigenvalue weighted by Crippen LogP contribution is 2.21. The second kappa shape index (κ2) is 6.35. The summed E-state index contributed by atoms with van der Waals surface area (Å²) in [6.45, 7) is 2.49. The molecule has 0 aromatic heterocycles. The van der Waals surface area contributed by atoms with Gasteiger partial charge in [0.05, 0.1) is 5.56 Å². The molecule has 2 aromatic rings. The summed E-state index contributed by atoms with van der Waals surface area (Å²) in [6, 6.07) is 13.6. The van der Waals surface area contributed by atoms with E-state index in [4.69, 9.17) is 0 Å². The van der Waals surface area contributed by atoms with Crippen molar-refractivity contribution in [1.82, 2.24) is 5.32 Å². The van der Waals surface area contributed by atoms with Gasteiger partial charge in [-0.2, -0.15) is 0 Å². The normalized spacial score (nSPS) is 10.3. The topological polar surface area (TPSA) is 29.1 Å². The lowest BCUT2D eigenvalue weighted by Crippen LogP contribution is -2.23. The largest absolute Gasteiger partial charge is 0.348 e. The summed E-state index contributed by atoms with van der Waals surface area (Å²) < 4.78 is 1.88. The minimum absolute atomic E-state index is 0.0708. The minimum Gasteiger partial charge on any atom is -0.348 e. The Bertz CT molecular complexity index is 594. The third-order valence-electron chi connectivity index (χ3n) is 2.80. The molecule has 0 heterocycles. The molecule has 0 aliphatic heterocycles. The average Bonchev–Trinajstić information content (AvgIpc) is 2.41. The van der Waals surface area contributed by atoms with Crippen molar-refractivity contribution in [2.24, 2.45) is 0 Å². The van der Waals surface area contributed by atoms with E-state index in [1.165, 1.54) is 0 Å². The monoisotopic (exact) mass is 381 g/mol. The summed E-state index contributed by atoms with van der Waals surface area (Å²) in [6.07, 6.45) is 0. The number of hydrogen-bond acceptors (Lipinski definition) is 1. The molecule has 0 saturated carbocycles. The van der Waals surface area contributed by atoms with Gasteiger partial charge in [0.2, 0.25) is 0 Å². The number of hydrogen-bond donors (Lipinski definition) is 1. The molecular weight excluding hydrogens is 370 g/mol. The summed E-state index contributed by atoms with van der Waals surface area (Å²) in [5, 5.41) is 2.92. The van der Waals surface area contributed by atoms with Crippen LogP contribution in [-0.2, 0) is 6.54 Å². The zero-order valence-electron chi connectivity index (χ0n) is 10.4. The Hall–Kier alpha value is -1.13. The average molecular weight is 383 g/mol.